The lowest BCUT2D eigenvalue weighted by Gasteiger charge is -2.26. The second kappa shape index (κ2) is 4.48. The normalized spacial score (nSPS) is 20.1. The Kier molecular flexibility index (Phi) is 4.75. The SMILES string of the molecule is CCOC(O)(I)C(N)CC. The van der Waals surface area contributed by atoms with Gasteiger partial charge >= 0.3 is 0 Å². The molecule has 62 valence electrons. The maximum Gasteiger partial charge on any atom is 0.234 e. The van der Waals surface area contributed by atoms with Crippen LogP contribution in [0, 0.1) is 0 Å². The minimum atomic E-state index is -1.19. The Labute approximate surface area is 75.1 Å². The minimum Gasteiger partial charge on any atom is -0.356 e. The lowest BCUT2D eigenvalue weighted by molar-refractivity contribution is -0.125. The van der Waals surface area contributed by atoms with Gasteiger partial charge in [0.15, 0.2) is 0 Å². The Balaban J connectivity index is 3.82. The van der Waals surface area contributed by atoms with E-state index in [1.807, 2.05) is 36.4 Å². The average molecular weight is 259 g/mol. The van der Waals surface area contributed by atoms with Gasteiger partial charge in [-0.15, -0.1) is 0 Å². The number of nitrogens with two attached hydrogens (primary N) is 1. The summed E-state index contributed by atoms with van der Waals surface area (Å²) in [5.41, 5.74) is 5.55. The molecule has 0 fully saturated rings. The van der Waals surface area contributed by atoms with Crippen LogP contribution in [0.25, 0.3) is 0 Å². The molecule has 0 aliphatic rings. The minimum absolute atomic E-state index is 0.312. The molecule has 0 aromatic heterocycles. The van der Waals surface area contributed by atoms with Crippen molar-refractivity contribution >= 4 is 22.6 Å². The van der Waals surface area contributed by atoms with Gasteiger partial charge in [0.25, 0.3) is 0 Å². The van der Waals surface area contributed by atoms with Crippen molar-refractivity contribution in [1.29, 1.82) is 0 Å². The molecule has 0 bridgehead atoms. The van der Waals surface area contributed by atoms with Crippen LogP contribution in [0.15, 0.2) is 0 Å². The Morgan fingerprint density at radius 3 is 2.50 bits per heavy atom. The molecular formula is C6H14INO2. The van der Waals surface area contributed by atoms with Gasteiger partial charge in [0.1, 0.15) is 0 Å². The van der Waals surface area contributed by atoms with E-state index in [0.29, 0.717) is 13.0 Å². The Hall–Kier alpha value is 0.610. The van der Waals surface area contributed by atoms with E-state index in [4.69, 9.17) is 10.5 Å². The van der Waals surface area contributed by atoms with E-state index >= 15 is 0 Å². The maximum atomic E-state index is 9.42. The highest BCUT2D eigenvalue weighted by Gasteiger charge is 2.29. The van der Waals surface area contributed by atoms with Gasteiger partial charge in [-0.25, -0.2) is 0 Å². The van der Waals surface area contributed by atoms with Gasteiger partial charge < -0.3 is 15.6 Å². The molecule has 0 radical (unpaired) electrons. The summed E-state index contributed by atoms with van der Waals surface area (Å²) in [5.74, 6) is 0. The third-order valence-corrected chi connectivity index (χ3v) is 2.36. The molecule has 0 saturated heterocycles. The number of ether oxygens (including phenoxy) is 1. The molecule has 0 aliphatic heterocycles. The lowest BCUT2D eigenvalue weighted by Crippen LogP contribution is -2.44. The first-order valence-electron chi connectivity index (χ1n) is 3.35. The van der Waals surface area contributed by atoms with Crippen molar-refractivity contribution in [3.63, 3.8) is 0 Å². The van der Waals surface area contributed by atoms with Crippen molar-refractivity contribution in [2.75, 3.05) is 6.61 Å². The zero-order chi connectivity index (χ0) is 8.20. The molecule has 0 aromatic rings. The first kappa shape index (κ1) is 10.6. The first-order chi connectivity index (χ1) is 4.54. The second-order valence-electron chi connectivity index (χ2n) is 2.06. The fraction of sp³-hybridized carbons (Fsp3) is 1.00. The number of halogens is 1. The fourth-order valence-electron chi connectivity index (χ4n) is 0.561. The number of hydrogen-bond donors (Lipinski definition) is 2. The van der Waals surface area contributed by atoms with E-state index in [-0.39, 0.29) is 6.04 Å². The molecule has 0 aliphatic carbocycles. The van der Waals surface area contributed by atoms with Gasteiger partial charge in [0, 0.05) is 6.61 Å². The molecule has 0 amide bonds. The van der Waals surface area contributed by atoms with Crippen molar-refractivity contribution in [1.82, 2.24) is 0 Å². The van der Waals surface area contributed by atoms with Crippen LogP contribution in [0.4, 0.5) is 0 Å². The van der Waals surface area contributed by atoms with Crippen LogP contribution in [-0.2, 0) is 4.74 Å². The lowest BCUT2D eigenvalue weighted by atomic mass is 10.2. The number of aliphatic hydroxyl groups is 1. The van der Waals surface area contributed by atoms with Crippen molar-refractivity contribution in [2.24, 2.45) is 5.73 Å². The second-order valence-corrected chi connectivity index (χ2v) is 3.60. The first-order valence-corrected chi connectivity index (χ1v) is 4.43. The summed E-state index contributed by atoms with van der Waals surface area (Å²) in [4.78, 5) is 0. The fourth-order valence-corrected chi connectivity index (χ4v) is 1.31. The van der Waals surface area contributed by atoms with E-state index in [2.05, 4.69) is 0 Å². The van der Waals surface area contributed by atoms with Gasteiger partial charge in [-0.05, 0) is 35.9 Å². The Morgan fingerprint density at radius 2 is 2.20 bits per heavy atom. The van der Waals surface area contributed by atoms with Gasteiger partial charge in [0.05, 0.1) is 6.04 Å². The molecule has 0 aromatic carbocycles. The van der Waals surface area contributed by atoms with Gasteiger partial charge in [0.2, 0.25) is 3.79 Å². The van der Waals surface area contributed by atoms with Crippen molar-refractivity contribution in [2.45, 2.75) is 30.1 Å². The van der Waals surface area contributed by atoms with Crippen LogP contribution < -0.4 is 5.73 Å². The van der Waals surface area contributed by atoms with Crippen LogP contribution in [0.1, 0.15) is 20.3 Å². The molecule has 3 nitrogen and oxygen atoms in total. The molecule has 2 unspecified atom stereocenters. The number of hydrogen-bond acceptors (Lipinski definition) is 3. The summed E-state index contributed by atoms with van der Waals surface area (Å²) in [6.07, 6.45) is 0.708. The van der Waals surface area contributed by atoms with Crippen LogP contribution >= 0.6 is 22.6 Å². The number of alkyl halides is 1. The molecular weight excluding hydrogens is 245 g/mol. The molecule has 4 heteroatoms. The van der Waals surface area contributed by atoms with E-state index in [1.54, 1.807) is 0 Å². The zero-order valence-electron chi connectivity index (χ0n) is 6.30. The Bertz CT molecular complexity index is 97.7. The summed E-state index contributed by atoms with van der Waals surface area (Å²) in [6.45, 7) is 4.21. The smallest absolute Gasteiger partial charge is 0.234 e. The summed E-state index contributed by atoms with van der Waals surface area (Å²) in [6, 6.07) is -0.312. The summed E-state index contributed by atoms with van der Waals surface area (Å²) < 4.78 is 3.81. The van der Waals surface area contributed by atoms with E-state index < -0.39 is 3.79 Å². The van der Waals surface area contributed by atoms with Crippen molar-refractivity contribution < 1.29 is 9.84 Å². The van der Waals surface area contributed by atoms with Crippen LogP contribution in [-0.4, -0.2) is 21.5 Å². The van der Waals surface area contributed by atoms with Gasteiger partial charge in [-0.1, -0.05) is 6.92 Å². The third-order valence-electron chi connectivity index (χ3n) is 1.24. The van der Waals surface area contributed by atoms with E-state index in [9.17, 15) is 5.11 Å². The van der Waals surface area contributed by atoms with Crippen LogP contribution in [0.3, 0.4) is 0 Å². The highest BCUT2D eigenvalue weighted by atomic mass is 127. The average Bonchev–Trinajstić information content (AvgIpc) is 1.86. The van der Waals surface area contributed by atoms with Gasteiger partial charge in [-0.3, -0.25) is 0 Å². The van der Waals surface area contributed by atoms with Crippen molar-refractivity contribution in [3.8, 4) is 0 Å². The monoisotopic (exact) mass is 259 g/mol. The molecule has 0 spiro atoms. The third kappa shape index (κ3) is 3.14. The van der Waals surface area contributed by atoms with Gasteiger partial charge in [-0.2, -0.15) is 0 Å². The Morgan fingerprint density at radius 1 is 1.70 bits per heavy atom. The highest BCUT2D eigenvalue weighted by Crippen LogP contribution is 2.21. The zero-order valence-corrected chi connectivity index (χ0v) is 8.46. The van der Waals surface area contributed by atoms with Crippen molar-refractivity contribution in [3.05, 3.63) is 0 Å². The predicted octanol–water partition coefficient (Wildman–Crippen LogP) is 0.841. The molecule has 0 heterocycles. The quantitative estimate of drug-likeness (QED) is 0.447. The summed E-state index contributed by atoms with van der Waals surface area (Å²) >= 11 is 1.81. The largest absolute Gasteiger partial charge is 0.356 e. The van der Waals surface area contributed by atoms with E-state index in [0.717, 1.165) is 0 Å². The number of rotatable bonds is 4. The van der Waals surface area contributed by atoms with Crippen LogP contribution in [0.2, 0.25) is 0 Å². The molecule has 0 saturated carbocycles. The standard InChI is InChI=1S/C6H14INO2/c1-3-5(8)6(7,9)10-4-2/h5,9H,3-4,8H2,1-2H3. The molecule has 0 rings (SSSR count). The predicted molar refractivity (Wildman–Crippen MR) is 48.9 cm³/mol. The molecule has 3 N–H and O–H groups in total. The highest BCUT2D eigenvalue weighted by molar-refractivity contribution is 14.1. The molecule has 2 atom stereocenters. The maximum absolute atomic E-state index is 9.42. The molecule has 10 heavy (non-hydrogen) atoms. The topological polar surface area (TPSA) is 55.5 Å². The van der Waals surface area contributed by atoms with E-state index in [1.165, 1.54) is 0 Å². The summed E-state index contributed by atoms with van der Waals surface area (Å²) in [7, 11) is 0. The summed E-state index contributed by atoms with van der Waals surface area (Å²) in [5, 5.41) is 9.42. The van der Waals surface area contributed by atoms with Crippen LogP contribution in [0.5, 0.6) is 0 Å².